The summed E-state index contributed by atoms with van der Waals surface area (Å²) in [6, 6.07) is 1.72. The molecule has 2 aliphatic rings. The van der Waals surface area contributed by atoms with E-state index in [0.29, 0.717) is 6.42 Å². The minimum atomic E-state index is -1.25. The van der Waals surface area contributed by atoms with E-state index in [1.165, 1.54) is 11.3 Å². The second-order valence-electron chi connectivity index (χ2n) is 10.7. The quantitative estimate of drug-likeness (QED) is 0.505. The lowest BCUT2D eigenvalue weighted by atomic mass is 9.73. The molecule has 3 N–H and O–H groups in total. The number of carbonyl (C=O) groups excluding carboxylic acids is 2. The Balaban J connectivity index is 1.89. The number of Topliss-reactive ketones (excluding diaryl/α,β-unsaturated/α-hetero) is 1. The number of aromatic nitrogens is 1. The topological polar surface area (TPSA) is 145 Å². The highest BCUT2D eigenvalue weighted by Gasteiger charge is 2.58. The lowest BCUT2D eigenvalue weighted by Gasteiger charge is -2.34. The molecule has 0 aromatic carbocycles. The maximum Gasteiger partial charge on any atom is 0.223 e. The van der Waals surface area contributed by atoms with E-state index in [1.807, 2.05) is 25.3 Å². The van der Waals surface area contributed by atoms with Crippen molar-refractivity contribution in [3.05, 3.63) is 21.7 Å². The Kier molecular flexibility index (Phi) is 8.74. The highest BCUT2D eigenvalue weighted by atomic mass is 32.1. The monoisotopic (exact) mass is 519 g/mol. The van der Waals surface area contributed by atoms with Gasteiger partial charge in [-0.1, -0.05) is 27.7 Å². The molecule has 0 radical (unpaired) electrons. The van der Waals surface area contributed by atoms with Crippen molar-refractivity contribution in [1.82, 2.24) is 10.3 Å². The SMILES string of the molecule is C/C(=C\c1csc(C)n1)[C@H]1CC2OC2(C#N)COC[C@@H](C)[C@@H](O)[C@@H](C)C(=O)C(C)(C)[C@@H](O)CC(=O)N1. The van der Waals surface area contributed by atoms with Gasteiger partial charge in [-0.25, -0.2) is 4.98 Å². The average Bonchev–Trinajstić information content (AvgIpc) is 3.35. The number of hydrogen-bond acceptors (Lipinski definition) is 9. The molecule has 0 saturated carbocycles. The number of aryl methyl sites for hydroxylation is 1. The highest BCUT2D eigenvalue weighted by Crippen LogP contribution is 2.41. The number of ketones is 1. The normalized spacial score (nSPS) is 36.5. The molecule has 1 aromatic rings. The Morgan fingerprint density at radius 1 is 1.33 bits per heavy atom. The van der Waals surface area contributed by atoms with Gasteiger partial charge in [-0.3, -0.25) is 9.59 Å². The van der Waals surface area contributed by atoms with Crippen molar-refractivity contribution < 1.29 is 29.3 Å². The fourth-order valence-electron chi connectivity index (χ4n) is 4.65. The fourth-order valence-corrected chi connectivity index (χ4v) is 5.22. The van der Waals surface area contributed by atoms with Gasteiger partial charge < -0.3 is 25.0 Å². The Labute approximate surface area is 216 Å². The highest BCUT2D eigenvalue weighted by molar-refractivity contribution is 7.09. The first kappa shape index (κ1) is 28.4. The van der Waals surface area contributed by atoms with Crippen molar-refractivity contribution in [1.29, 1.82) is 5.26 Å². The second kappa shape index (κ2) is 11.1. The summed E-state index contributed by atoms with van der Waals surface area (Å²) in [7, 11) is 0. The molecule has 2 aliphatic heterocycles. The molecule has 9 nitrogen and oxygen atoms in total. The van der Waals surface area contributed by atoms with Crippen molar-refractivity contribution in [3.8, 4) is 6.07 Å². The number of carbonyl (C=O) groups is 2. The van der Waals surface area contributed by atoms with Gasteiger partial charge in [0, 0.05) is 23.6 Å². The van der Waals surface area contributed by atoms with E-state index < -0.39 is 47.2 Å². The van der Waals surface area contributed by atoms with Gasteiger partial charge in [0.25, 0.3) is 0 Å². The number of aliphatic hydroxyl groups is 2. The number of thiazole rings is 1. The second-order valence-corrected chi connectivity index (χ2v) is 11.8. The third kappa shape index (κ3) is 6.21. The Morgan fingerprint density at radius 2 is 2.03 bits per heavy atom. The maximum atomic E-state index is 13.2. The van der Waals surface area contributed by atoms with Gasteiger partial charge in [-0.2, -0.15) is 5.26 Å². The van der Waals surface area contributed by atoms with Crippen LogP contribution in [0.2, 0.25) is 0 Å². The zero-order valence-electron chi connectivity index (χ0n) is 21.8. The first-order valence-electron chi connectivity index (χ1n) is 12.3. The van der Waals surface area contributed by atoms with Crippen LogP contribution >= 0.6 is 11.3 Å². The number of epoxide rings is 1. The largest absolute Gasteiger partial charge is 0.392 e. The zero-order chi connectivity index (χ0) is 26.8. The van der Waals surface area contributed by atoms with Crippen molar-refractivity contribution >= 4 is 29.1 Å². The summed E-state index contributed by atoms with van der Waals surface area (Å²) < 4.78 is 11.5. The average molecular weight is 520 g/mol. The van der Waals surface area contributed by atoms with Crippen molar-refractivity contribution in [2.45, 2.75) is 84.3 Å². The Hall–Kier alpha value is -2.16. The van der Waals surface area contributed by atoms with Gasteiger partial charge in [-0.15, -0.1) is 11.3 Å². The molecule has 2 saturated heterocycles. The van der Waals surface area contributed by atoms with Crippen LogP contribution in [0.1, 0.15) is 58.2 Å². The van der Waals surface area contributed by atoms with Crippen LogP contribution in [0.25, 0.3) is 6.08 Å². The predicted octanol–water partition coefficient (Wildman–Crippen LogP) is 2.40. The van der Waals surface area contributed by atoms with Crippen LogP contribution in [0.4, 0.5) is 0 Å². The molecule has 10 heteroatoms. The first-order chi connectivity index (χ1) is 16.8. The van der Waals surface area contributed by atoms with E-state index in [1.54, 1.807) is 27.7 Å². The number of aliphatic hydroxyl groups excluding tert-OH is 2. The van der Waals surface area contributed by atoms with E-state index >= 15 is 0 Å². The molecule has 36 heavy (non-hydrogen) atoms. The van der Waals surface area contributed by atoms with Crippen LogP contribution in [0.5, 0.6) is 0 Å². The van der Waals surface area contributed by atoms with Gasteiger partial charge in [0.15, 0.2) is 0 Å². The molecule has 3 heterocycles. The summed E-state index contributed by atoms with van der Waals surface area (Å²) in [5, 5.41) is 37.2. The number of rotatable bonds is 2. The van der Waals surface area contributed by atoms with Gasteiger partial charge in [0.05, 0.1) is 54.0 Å². The van der Waals surface area contributed by atoms with Gasteiger partial charge in [0.1, 0.15) is 18.0 Å². The summed E-state index contributed by atoms with van der Waals surface area (Å²) in [6.07, 6.45) is -0.778. The maximum absolute atomic E-state index is 13.2. The number of nitrogens with zero attached hydrogens (tertiary/aromatic N) is 2. The lowest BCUT2D eigenvalue weighted by Crippen LogP contribution is -2.48. The molecule has 0 spiro atoms. The summed E-state index contributed by atoms with van der Waals surface area (Å²) in [6.45, 7) is 10.5. The number of hydrogen-bond donors (Lipinski definition) is 3. The molecule has 1 amide bonds. The number of fused-ring (bicyclic) bond motifs is 1. The van der Waals surface area contributed by atoms with Crippen molar-refractivity contribution in [3.63, 3.8) is 0 Å². The van der Waals surface area contributed by atoms with Crippen LogP contribution in [-0.4, -0.2) is 70.1 Å². The smallest absolute Gasteiger partial charge is 0.223 e. The standard InChI is InChI=1S/C26H37N3O6S/c1-14(7-18-11-36-17(4)28-18)19-8-21-26(12-27,35-21)13-34-10-15(2)23(32)16(3)24(33)25(5,6)20(30)9-22(31)29-19/h7,11,15-16,19-21,23,30,32H,8-10,13H2,1-6H3,(H,29,31)/b14-7+/t15-,16-,19-,20+,21?,23-,26?/m1/s1. The summed E-state index contributed by atoms with van der Waals surface area (Å²) in [4.78, 5) is 30.7. The molecule has 0 aliphatic carbocycles. The molecule has 0 bridgehead atoms. The Morgan fingerprint density at radius 3 is 2.64 bits per heavy atom. The molecule has 1 aromatic heterocycles. The van der Waals surface area contributed by atoms with Gasteiger partial charge >= 0.3 is 0 Å². The minimum Gasteiger partial charge on any atom is -0.392 e. The summed E-state index contributed by atoms with van der Waals surface area (Å²) >= 11 is 1.52. The van der Waals surface area contributed by atoms with Gasteiger partial charge in [0.2, 0.25) is 11.5 Å². The summed E-state index contributed by atoms with van der Waals surface area (Å²) in [5.74, 6) is -1.93. The first-order valence-corrected chi connectivity index (χ1v) is 13.2. The zero-order valence-corrected chi connectivity index (χ0v) is 22.6. The third-order valence-electron chi connectivity index (χ3n) is 7.40. The predicted molar refractivity (Wildman–Crippen MR) is 135 cm³/mol. The van der Waals surface area contributed by atoms with E-state index in [-0.39, 0.29) is 31.3 Å². The van der Waals surface area contributed by atoms with E-state index in [2.05, 4.69) is 16.4 Å². The Bertz CT molecular complexity index is 1050. The molecule has 2 fully saturated rings. The van der Waals surface area contributed by atoms with Gasteiger partial charge in [-0.05, 0) is 25.5 Å². The van der Waals surface area contributed by atoms with E-state index in [9.17, 15) is 25.1 Å². The van der Waals surface area contributed by atoms with E-state index in [4.69, 9.17) is 9.47 Å². The van der Waals surface area contributed by atoms with Crippen LogP contribution in [0, 0.1) is 35.5 Å². The third-order valence-corrected chi connectivity index (χ3v) is 8.20. The molecular weight excluding hydrogens is 482 g/mol. The van der Waals surface area contributed by atoms with Crippen LogP contribution < -0.4 is 5.32 Å². The minimum absolute atomic E-state index is 0.0203. The number of nitriles is 1. The summed E-state index contributed by atoms with van der Waals surface area (Å²) in [5.41, 5.74) is -0.779. The molecule has 3 rings (SSSR count). The molecular formula is C26H37N3O6S. The van der Waals surface area contributed by atoms with Crippen LogP contribution in [0.3, 0.4) is 0 Å². The molecule has 7 atom stereocenters. The van der Waals surface area contributed by atoms with Crippen molar-refractivity contribution in [2.24, 2.45) is 17.3 Å². The lowest BCUT2D eigenvalue weighted by molar-refractivity contribution is -0.143. The van der Waals surface area contributed by atoms with E-state index in [0.717, 1.165) is 16.3 Å². The van der Waals surface area contributed by atoms with Crippen LogP contribution in [-0.2, 0) is 19.1 Å². The fraction of sp³-hybridized carbons (Fsp3) is 0.692. The van der Waals surface area contributed by atoms with Crippen LogP contribution in [0.15, 0.2) is 11.0 Å². The number of ether oxygens (including phenoxy) is 2. The van der Waals surface area contributed by atoms with Crippen molar-refractivity contribution in [2.75, 3.05) is 13.2 Å². The molecule has 2 unspecified atom stereocenters. The number of nitrogens with one attached hydrogen (secondary N) is 1. The molecule has 198 valence electrons. The number of amides is 1.